The van der Waals surface area contributed by atoms with Gasteiger partial charge in [0.15, 0.2) is 5.75 Å². The van der Waals surface area contributed by atoms with Crippen LogP contribution in [0.3, 0.4) is 0 Å². The van der Waals surface area contributed by atoms with E-state index in [1.807, 2.05) is 4.68 Å². The number of nitrogens with zero attached hydrogens (tertiary/aromatic N) is 2. The predicted octanol–water partition coefficient (Wildman–Crippen LogP) is 2.00. The Morgan fingerprint density at radius 3 is 2.89 bits per heavy atom. The maximum atomic E-state index is 5.73. The van der Waals surface area contributed by atoms with Crippen molar-refractivity contribution in [2.45, 2.75) is 51.6 Å². The Morgan fingerprint density at radius 1 is 1.61 bits per heavy atom. The molecule has 0 aromatic carbocycles. The lowest BCUT2D eigenvalue weighted by atomic mass is 9.80. The van der Waals surface area contributed by atoms with E-state index < -0.39 is 0 Å². The molecule has 3 N–H and O–H groups in total. The van der Waals surface area contributed by atoms with Crippen molar-refractivity contribution in [2.75, 3.05) is 7.11 Å². The van der Waals surface area contributed by atoms with Crippen molar-refractivity contribution in [2.24, 2.45) is 11.8 Å². The highest BCUT2D eigenvalue weighted by Gasteiger charge is 2.27. The zero-order chi connectivity index (χ0) is 13.0. The average Bonchev–Trinajstić information content (AvgIpc) is 2.72. The zero-order valence-corrected chi connectivity index (χ0v) is 11.4. The first-order chi connectivity index (χ1) is 8.80. The molecule has 0 aliphatic heterocycles. The summed E-state index contributed by atoms with van der Waals surface area (Å²) in [6.45, 7) is 3.05. The van der Waals surface area contributed by atoms with Crippen LogP contribution in [0.4, 0.5) is 0 Å². The molecule has 0 spiro atoms. The maximum absolute atomic E-state index is 5.73. The average molecular weight is 252 g/mol. The minimum Gasteiger partial charge on any atom is -0.493 e. The van der Waals surface area contributed by atoms with Crippen LogP contribution in [0.5, 0.6) is 5.75 Å². The Kier molecular flexibility index (Phi) is 4.60. The van der Waals surface area contributed by atoms with Gasteiger partial charge in [-0.3, -0.25) is 16.0 Å². The highest BCUT2D eigenvalue weighted by atomic mass is 16.5. The fourth-order valence-electron chi connectivity index (χ4n) is 2.60. The lowest BCUT2D eigenvalue weighted by Crippen LogP contribution is -2.33. The van der Waals surface area contributed by atoms with E-state index in [4.69, 9.17) is 10.6 Å². The van der Waals surface area contributed by atoms with E-state index in [9.17, 15) is 0 Å². The molecular weight excluding hydrogens is 228 g/mol. The standard InChI is InChI=1S/C13H24N4O/c1-3-7-17-13(12(18-2)9-15-17)11(16-14)8-10-5-4-6-10/h9-11,16H,3-8,14H2,1-2H3. The van der Waals surface area contributed by atoms with Crippen LogP contribution in [0, 0.1) is 5.92 Å². The summed E-state index contributed by atoms with van der Waals surface area (Å²) in [5.74, 6) is 7.36. The van der Waals surface area contributed by atoms with E-state index >= 15 is 0 Å². The number of nitrogens with one attached hydrogen (secondary N) is 1. The number of aromatic nitrogens is 2. The molecule has 2 rings (SSSR count). The first kappa shape index (κ1) is 13.4. The van der Waals surface area contributed by atoms with Gasteiger partial charge in [-0.15, -0.1) is 0 Å². The summed E-state index contributed by atoms with van der Waals surface area (Å²) in [4.78, 5) is 0. The molecule has 1 aromatic heterocycles. The van der Waals surface area contributed by atoms with Crippen LogP contribution in [-0.4, -0.2) is 16.9 Å². The first-order valence-corrected chi connectivity index (χ1v) is 6.86. The minimum atomic E-state index is 0.138. The number of ether oxygens (including phenoxy) is 1. The SMILES string of the molecule is CCCn1ncc(OC)c1C(CC1CCC1)NN. The molecule has 1 aromatic rings. The quantitative estimate of drug-likeness (QED) is 0.575. The third kappa shape index (κ3) is 2.67. The minimum absolute atomic E-state index is 0.138. The lowest BCUT2D eigenvalue weighted by molar-refractivity contribution is 0.253. The van der Waals surface area contributed by atoms with Gasteiger partial charge < -0.3 is 4.74 Å². The normalized spacial score (nSPS) is 17.5. The summed E-state index contributed by atoms with van der Waals surface area (Å²) < 4.78 is 7.43. The van der Waals surface area contributed by atoms with Gasteiger partial charge in [-0.1, -0.05) is 26.2 Å². The van der Waals surface area contributed by atoms with E-state index in [1.54, 1.807) is 13.3 Å². The number of hydrazine groups is 1. The topological polar surface area (TPSA) is 65.1 Å². The number of hydrogen-bond donors (Lipinski definition) is 2. The van der Waals surface area contributed by atoms with Crippen molar-refractivity contribution in [3.8, 4) is 5.75 Å². The molecule has 0 radical (unpaired) electrons. The van der Waals surface area contributed by atoms with Crippen LogP contribution in [0.15, 0.2) is 6.20 Å². The molecule has 1 atom stereocenters. The Bertz CT molecular complexity index is 373. The molecule has 102 valence electrons. The number of methoxy groups -OCH3 is 1. The van der Waals surface area contributed by atoms with E-state index in [2.05, 4.69) is 17.4 Å². The van der Waals surface area contributed by atoms with Crippen molar-refractivity contribution < 1.29 is 4.74 Å². The van der Waals surface area contributed by atoms with Crippen molar-refractivity contribution in [1.29, 1.82) is 0 Å². The summed E-state index contributed by atoms with van der Waals surface area (Å²) >= 11 is 0. The smallest absolute Gasteiger partial charge is 0.161 e. The monoisotopic (exact) mass is 252 g/mol. The van der Waals surface area contributed by atoms with Crippen LogP contribution in [0.2, 0.25) is 0 Å². The summed E-state index contributed by atoms with van der Waals surface area (Å²) in [5, 5.41) is 4.39. The van der Waals surface area contributed by atoms with Crippen LogP contribution >= 0.6 is 0 Å². The van der Waals surface area contributed by atoms with Crippen LogP contribution in [-0.2, 0) is 6.54 Å². The van der Waals surface area contributed by atoms with Crippen molar-refractivity contribution >= 4 is 0 Å². The number of aryl methyl sites for hydroxylation is 1. The third-order valence-electron chi connectivity index (χ3n) is 3.83. The van der Waals surface area contributed by atoms with Gasteiger partial charge in [-0.2, -0.15) is 5.10 Å². The van der Waals surface area contributed by atoms with Crippen molar-refractivity contribution in [3.63, 3.8) is 0 Å². The lowest BCUT2D eigenvalue weighted by Gasteiger charge is -2.29. The van der Waals surface area contributed by atoms with Gasteiger partial charge in [-0.05, 0) is 18.8 Å². The maximum Gasteiger partial charge on any atom is 0.161 e. The molecular formula is C13H24N4O. The summed E-state index contributed by atoms with van der Waals surface area (Å²) in [6, 6.07) is 0.138. The molecule has 18 heavy (non-hydrogen) atoms. The fraction of sp³-hybridized carbons (Fsp3) is 0.769. The predicted molar refractivity (Wildman–Crippen MR) is 71.1 cm³/mol. The Morgan fingerprint density at radius 2 is 2.39 bits per heavy atom. The molecule has 1 aliphatic carbocycles. The van der Waals surface area contributed by atoms with Crippen molar-refractivity contribution in [1.82, 2.24) is 15.2 Å². The van der Waals surface area contributed by atoms with Crippen LogP contribution in [0.1, 0.15) is 50.8 Å². The van der Waals surface area contributed by atoms with Gasteiger partial charge in [0, 0.05) is 6.54 Å². The molecule has 1 unspecified atom stereocenters. The molecule has 1 aliphatic rings. The van der Waals surface area contributed by atoms with E-state index in [0.29, 0.717) is 0 Å². The highest BCUT2D eigenvalue weighted by molar-refractivity contribution is 5.28. The Labute approximate surface area is 109 Å². The third-order valence-corrected chi connectivity index (χ3v) is 3.83. The molecule has 1 heterocycles. The van der Waals surface area contributed by atoms with Crippen LogP contribution in [0.25, 0.3) is 0 Å². The number of hydrogen-bond acceptors (Lipinski definition) is 4. The van der Waals surface area contributed by atoms with Gasteiger partial charge in [-0.25, -0.2) is 0 Å². The number of nitrogens with two attached hydrogens (primary N) is 1. The van der Waals surface area contributed by atoms with Gasteiger partial charge in [0.05, 0.1) is 25.0 Å². The van der Waals surface area contributed by atoms with Crippen LogP contribution < -0.4 is 16.0 Å². The van der Waals surface area contributed by atoms with Gasteiger partial charge in [0.2, 0.25) is 0 Å². The second-order valence-corrected chi connectivity index (χ2v) is 5.07. The largest absolute Gasteiger partial charge is 0.493 e. The molecule has 0 bridgehead atoms. The van der Waals surface area contributed by atoms with E-state index in [0.717, 1.165) is 36.7 Å². The molecule has 1 saturated carbocycles. The van der Waals surface area contributed by atoms with E-state index in [1.165, 1.54) is 19.3 Å². The fourth-order valence-corrected chi connectivity index (χ4v) is 2.60. The van der Waals surface area contributed by atoms with Gasteiger partial charge >= 0.3 is 0 Å². The summed E-state index contributed by atoms with van der Waals surface area (Å²) in [5.41, 5.74) is 4.03. The second-order valence-electron chi connectivity index (χ2n) is 5.07. The summed E-state index contributed by atoms with van der Waals surface area (Å²) in [7, 11) is 1.69. The molecule has 5 nitrogen and oxygen atoms in total. The first-order valence-electron chi connectivity index (χ1n) is 6.86. The molecule has 5 heteroatoms. The summed E-state index contributed by atoms with van der Waals surface area (Å²) in [6.07, 6.45) is 7.91. The molecule has 0 amide bonds. The van der Waals surface area contributed by atoms with E-state index in [-0.39, 0.29) is 6.04 Å². The Balaban J connectivity index is 2.17. The van der Waals surface area contributed by atoms with Crippen molar-refractivity contribution in [3.05, 3.63) is 11.9 Å². The Hall–Kier alpha value is -1.07. The molecule has 1 fully saturated rings. The highest BCUT2D eigenvalue weighted by Crippen LogP contribution is 2.36. The van der Waals surface area contributed by atoms with Gasteiger partial charge in [0.25, 0.3) is 0 Å². The molecule has 0 saturated heterocycles. The zero-order valence-electron chi connectivity index (χ0n) is 11.4. The second kappa shape index (κ2) is 6.20. The number of rotatable bonds is 7. The van der Waals surface area contributed by atoms with Gasteiger partial charge in [0.1, 0.15) is 0 Å².